The summed E-state index contributed by atoms with van der Waals surface area (Å²) in [6, 6.07) is 15.9. The predicted molar refractivity (Wildman–Crippen MR) is 115 cm³/mol. The van der Waals surface area contributed by atoms with E-state index in [1.165, 1.54) is 33.5 Å². The molecule has 162 valence electrons. The van der Waals surface area contributed by atoms with Gasteiger partial charge in [-0.3, -0.25) is 0 Å². The van der Waals surface area contributed by atoms with Crippen LogP contribution >= 0.6 is 0 Å². The fourth-order valence-electron chi connectivity index (χ4n) is 2.87. The Hall–Kier alpha value is -3.94. The van der Waals surface area contributed by atoms with Crippen molar-refractivity contribution in [1.82, 2.24) is 5.32 Å². The number of benzene rings is 3. The van der Waals surface area contributed by atoms with E-state index >= 15 is 0 Å². The van der Waals surface area contributed by atoms with Gasteiger partial charge in [0.15, 0.2) is 11.5 Å². The molecule has 7 nitrogen and oxygen atoms in total. The SMILES string of the molecule is COc1cc(NC(=O)NCc2cccc(Oc3ccc(F)cc3)c2)cc(OC)c1OC. The van der Waals surface area contributed by atoms with Gasteiger partial charge in [0.2, 0.25) is 5.75 Å². The maximum Gasteiger partial charge on any atom is 0.319 e. The first-order valence-electron chi connectivity index (χ1n) is 9.39. The lowest BCUT2D eigenvalue weighted by molar-refractivity contribution is 0.251. The number of halogens is 1. The minimum atomic E-state index is -0.404. The second-order valence-corrected chi connectivity index (χ2v) is 6.43. The van der Waals surface area contributed by atoms with Crippen LogP contribution in [-0.2, 0) is 6.54 Å². The number of methoxy groups -OCH3 is 3. The average Bonchev–Trinajstić information content (AvgIpc) is 2.78. The van der Waals surface area contributed by atoms with Gasteiger partial charge in [-0.05, 0) is 42.0 Å². The number of hydrogen-bond donors (Lipinski definition) is 2. The van der Waals surface area contributed by atoms with Gasteiger partial charge in [-0.15, -0.1) is 0 Å². The zero-order valence-corrected chi connectivity index (χ0v) is 17.4. The number of rotatable bonds is 8. The van der Waals surface area contributed by atoms with Gasteiger partial charge >= 0.3 is 6.03 Å². The lowest BCUT2D eigenvalue weighted by Gasteiger charge is -2.15. The number of amides is 2. The monoisotopic (exact) mass is 426 g/mol. The fraction of sp³-hybridized carbons (Fsp3) is 0.174. The summed E-state index contributed by atoms with van der Waals surface area (Å²) in [5, 5.41) is 5.52. The molecule has 3 aromatic rings. The molecule has 31 heavy (non-hydrogen) atoms. The van der Waals surface area contributed by atoms with Gasteiger partial charge in [0, 0.05) is 18.7 Å². The standard InChI is InChI=1S/C23H23FN2O5/c1-28-20-12-17(13-21(29-2)22(20)30-3)26-23(27)25-14-15-5-4-6-19(11-15)31-18-9-7-16(24)8-10-18/h4-13H,14H2,1-3H3,(H2,25,26,27). The number of carbonyl (C=O) groups is 1. The molecular formula is C23H23FN2O5. The summed E-state index contributed by atoms with van der Waals surface area (Å²) in [7, 11) is 4.51. The van der Waals surface area contributed by atoms with E-state index < -0.39 is 6.03 Å². The molecular weight excluding hydrogens is 403 g/mol. The molecule has 2 N–H and O–H groups in total. The van der Waals surface area contributed by atoms with Crippen LogP contribution in [-0.4, -0.2) is 27.4 Å². The van der Waals surface area contributed by atoms with Crippen LogP contribution in [0.3, 0.4) is 0 Å². The number of anilines is 1. The molecule has 8 heteroatoms. The summed E-state index contributed by atoms with van der Waals surface area (Å²) in [5.41, 5.74) is 1.32. The number of carbonyl (C=O) groups excluding carboxylic acids is 1. The Morgan fingerprint density at radius 3 is 2.16 bits per heavy atom. The molecule has 0 aliphatic carbocycles. The smallest absolute Gasteiger partial charge is 0.319 e. The van der Waals surface area contributed by atoms with E-state index in [0.717, 1.165) is 5.56 Å². The molecule has 2 amide bonds. The maximum atomic E-state index is 13.0. The predicted octanol–water partition coefficient (Wildman–Crippen LogP) is 4.97. The lowest BCUT2D eigenvalue weighted by Crippen LogP contribution is -2.28. The topological polar surface area (TPSA) is 78.1 Å². The van der Waals surface area contributed by atoms with Gasteiger partial charge in [-0.25, -0.2) is 9.18 Å². The van der Waals surface area contributed by atoms with Crippen molar-refractivity contribution in [3.05, 3.63) is 72.0 Å². The van der Waals surface area contributed by atoms with Crippen LogP contribution in [0.1, 0.15) is 5.56 Å². The first kappa shape index (κ1) is 21.8. The summed E-state index contributed by atoms with van der Waals surface area (Å²) in [6.45, 7) is 0.275. The minimum Gasteiger partial charge on any atom is -0.493 e. The van der Waals surface area contributed by atoms with E-state index in [2.05, 4.69) is 10.6 Å². The summed E-state index contributed by atoms with van der Waals surface area (Å²) in [4.78, 5) is 12.3. The molecule has 0 saturated heterocycles. The lowest BCUT2D eigenvalue weighted by atomic mass is 10.2. The third kappa shape index (κ3) is 5.79. The molecule has 0 bridgehead atoms. The van der Waals surface area contributed by atoms with Crippen molar-refractivity contribution in [3.63, 3.8) is 0 Å². The van der Waals surface area contributed by atoms with Crippen LogP contribution in [0.4, 0.5) is 14.9 Å². The van der Waals surface area contributed by atoms with Gasteiger partial charge < -0.3 is 29.6 Å². The van der Waals surface area contributed by atoms with E-state index in [9.17, 15) is 9.18 Å². The molecule has 0 fully saturated rings. The molecule has 0 unspecified atom stereocenters. The molecule has 0 radical (unpaired) electrons. The Morgan fingerprint density at radius 1 is 0.871 bits per heavy atom. The van der Waals surface area contributed by atoms with E-state index in [1.54, 1.807) is 36.4 Å². The van der Waals surface area contributed by atoms with Gasteiger partial charge in [-0.2, -0.15) is 0 Å². The molecule has 0 atom stereocenters. The second-order valence-electron chi connectivity index (χ2n) is 6.43. The Labute approximate surface area is 179 Å². The van der Waals surface area contributed by atoms with E-state index in [-0.39, 0.29) is 12.4 Å². The van der Waals surface area contributed by atoms with Gasteiger partial charge in [0.25, 0.3) is 0 Å². The van der Waals surface area contributed by atoms with Crippen molar-refractivity contribution in [1.29, 1.82) is 0 Å². The highest BCUT2D eigenvalue weighted by molar-refractivity contribution is 5.90. The highest BCUT2D eigenvalue weighted by Gasteiger charge is 2.14. The third-order valence-corrected chi connectivity index (χ3v) is 4.32. The highest BCUT2D eigenvalue weighted by atomic mass is 19.1. The number of hydrogen-bond acceptors (Lipinski definition) is 5. The van der Waals surface area contributed by atoms with Gasteiger partial charge in [0.1, 0.15) is 17.3 Å². The fourth-order valence-corrected chi connectivity index (χ4v) is 2.87. The number of urea groups is 1. The van der Waals surface area contributed by atoms with Crippen molar-refractivity contribution in [3.8, 4) is 28.7 Å². The Balaban J connectivity index is 1.61. The molecule has 0 heterocycles. The van der Waals surface area contributed by atoms with Crippen LogP contribution in [0.15, 0.2) is 60.7 Å². The van der Waals surface area contributed by atoms with Gasteiger partial charge in [-0.1, -0.05) is 12.1 Å². The van der Waals surface area contributed by atoms with Crippen molar-refractivity contribution in [2.75, 3.05) is 26.6 Å². The van der Waals surface area contributed by atoms with Crippen molar-refractivity contribution in [2.24, 2.45) is 0 Å². The summed E-state index contributed by atoms with van der Waals surface area (Å²) in [6.07, 6.45) is 0. The summed E-state index contributed by atoms with van der Waals surface area (Å²) < 4.78 is 34.6. The number of nitrogens with one attached hydrogen (secondary N) is 2. The van der Waals surface area contributed by atoms with Crippen LogP contribution < -0.4 is 29.6 Å². The second kappa shape index (κ2) is 10.2. The zero-order valence-electron chi connectivity index (χ0n) is 17.4. The molecule has 3 aromatic carbocycles. The van der Waals surface area contributed by atoms with Crippen molar-refractivity contribution < 1.29 is 28.1 Å². The van der Waals surface area contributed by atoms with E-state index in [4.69, 9.17) is 18.9 Å². The van der Waals surface area contributed by atoms with Crippen LogP contribution in [0.5, 0.6) is 28.7 Å². The molecule has 0 aromatic heterocycles. The average molecular weight is 426 g/mol. The van der Waals surface area contributed by atoms with Crippen LogP contribution in [0, 0.1) is 5.82 Å². The van der Waals surface area contributed by atoms with Crippen molar-refractivity contribution in [2.45, 2.75) is 6.54 Å². The first-order chi connectivity index (χ1) is 15.0. The van der Waals surface area contributed by atoms with Crippen molar-refractivity contribution >= 4 is 11.7 Å². The maximum absolute atomic E-state index is 13.0. The number of ether oxygens (including phenoxy) is 4. The van der Waals surface area contributed by atoms with E-state index in [1.807, 2.05) is 12.1 Å². The van der Waals surface area contributed by atoms with Crippen LogP contribution in [0.25, 0.3) is 0 Å². The Kier molecular flexibility index (Phi) is 7.16. The van der Waals surface area contributed by atoms with Gasteiger partial charge in [0.05, 0.1) is 27.0 Å². The molecule has 0 aliphatic heterocycles. The van der Waals surface area contributed by atoms with Crippen LogP contribution in [0.2, 0.25) is 0 Å². The van der Waals surface area contributed by atoms with E-state index in [0.29, 0.717) is 34.4 Å². The summed E-state index contributed by atoms with van der Waals surface area (Å²) >= 11 is 0. The molecule has 0 saturated carbocycles. The normalized spacial score (nSPS) is 10.2. The molecule has 0 aliphatic rings. The Morgan fingerprint density at radius 2 is 1.55 bits per heavy atom. The first-order valence-corrected chi connectivity index (χ1v) is 9.39. The zero-order chi connectivity index (χ0) is 22.2. The quantitative estimate of drug-likeness (QED) is 0.532. The molecule has 3 rings (SSSR count). The highest BCUT2D eigenvalue weighted by Crippen LogP contribution is 2.39. The molecule has 0 spiro atoms. The third-order valence-electron chi connectivity index (χ3n) is 4.32. The minimum absolute atomic E-state index is 0.275. The largest absolute Gasteiger partial charge is 0.493 e. The Bertz CT molecular complexity index is 1020. The summed E-state index contributed by atoms with van der Waals surface area (Å²) in [5.74, 6) is 2.07.